The Labute approximate surface area is 113 Å². The van der Waals surface area contributed by atoms with Crippen molar-refractivity contribution in [3.8, 4) is 0 Å². The molecule has 0 aromatic rings. The van der Waals surface area contributed by atoms with Gasteiger partial charge in [-0.05, 0) is 19.3 Å². The second-order valence-corrected chi connectivity index (χ2v) is 4.33. The van der Waals surface area contributed by atoms with E-state index >= 15 is 0 Å². The summed E-state index contributed by atoms with van der Waals surface area (Å²) in [6, 6.07) is 0.126. The number of methoxy groups -OCH3 is 1. The Balaban J connectivity index is 0.00000289. The number of halogens is 1. The van der Waals surface area contributed by atoms with Crippen LogP contribution in [0.1, 0.15) is 19.3 Å². The van der Waals surface area contributed by atoms with Gasteiger partial charge in [-0.2, -0.15) is 0 Å². The van der Waals surface area contributed by atoms with Crippen LogP contribution in [0.5, 0.6) is 0 Å². The van der Waals surface area contributed by atoms with Crippen molar-refractivity contribution in [2.24, 2.45) is 11.7 Å². The van der Waals surface area contributed by atoms with Crippen molar-refractivity contribution in [2.45, 2.75) is 25.3 Å². The van der Waals surface area contributed by atoms with Crippen LogP contribution < -0.4 is 16.4 Å². The summed E-state index contributed by atoms with van der Waals surface area (Å²) in [4.78, 5) is 22.9. The number of carbonyl (C=O) groups excluding carboxylic acids is 2. The summed E-state index contributed by atoms with van der Waals surface area (Å²) in [5, 5.41) is 5.26. The molecular formula is C11H22ClN3O3. The van der Waals surface area contributed by atoms with Crippen LogP contribution in [-0.4, -0.2) is 44.7 Å². The molecule has 0 aromatic heterocycles. The number of hydrogen-bond donors (Lipinski definition) is 3. The van der Waals surface area contributed by atoms with Crippen LogP contribution in [0, 0.1) is 5.92 Å². The molecule has 0 aliphatic heterocycles. The maximum absolute atomic E-state index is 11.7. The molecular weight excluding hydrogens is 258 g/mol. The van der Waals surface area contributed by atoms with E-state index in [1.807, 2.05) is 0 Å². The van der Waals surface area contributed by atoms with Gasteiger partial charge in [0.1, 0.15) is 0 Å². The number of rotatable bonds is 6. The van der Waals surface area contributed by atoms with Crippen molar-refractivity contribution < 1.29 is 14.3 Å². The van der Waals surface area contributed by atoms with Gasteiger partial charge in [-0.25, -0.2) is 0 Å². The number of nitrogens with two attached hydrogens (primary N) is 1. The minimum absolute atomic E-state index is 0. The average Bonchev–Trinajstić information content (AvgIpc) is 2.73. The molecule has 1 aliphatic rings. The van der Waals surface area contributed by atoms with Crippen LogP contribution >= 0.6 is 12.4 Å². The third kappa shape index (κ3) is 6.18. The van der Waals surface area contributed by atoms with Crippen molar-refractivity contribution in [2.75, 3.05) is 26.8 Å². The van der Waals surface area contributed by atoms with Crippen molar-refractivity contribution in [3.05, 3.63) is 0 Å². The first-order chi connectivity index (χ1) is 8.13. The van der Waals surface area contributed by atoms with Gasteiger partial charge in [-0.15, -0.1) is 12.4 Å². The van der Waals surface area contributed by atoms with Gasteiger partial charge in [0.15, 0.2) is 0 Å². The molecule has 106 valence electrons. The number of carbonyl (C=O) groups is 2. The van der Waals surface area contributed by atoms with Gasteiger partial charge in [-0.1, -0.05) is 0 Å². The van der Waals surface area contributed by atoms with E-state index in [1.165, 1.54) is 0 Å². The van der Waals surface area contributed by atoms with E-state index in [-0.39, 0.29) is 42.7 Å². The standard InChI is InChI=1S/C11H21N3O3.ClH/c1-17-5-4-13-10(15)7-14-11(16)8-2-3-9(12)6-8;/h8-9H,2-7,12H2,1H3,(H,13,15)(H,14,16);1H. The molecule has 2 unspecified atom stereocenters. The molecule has 2 amide bonds. The summed E-state index contributed by atoms with van der Waals surface area (Å²) < 4.78 is 4.79. The molecule has 0 saturated heterocycles. The highest BCUT2D eigenvalue weighted by Gasteiger charge is 2.27. The van der Waals surface area contributed by atoms with Crippen molar-refractivity contribution >= 4 is 24.2 Å². The molecule has 7 heteroatoms. The van der Waals surface area contributed by atoms with E-state index in [0.29, 0.717) is 13.2 Å². The third-order valence-electron chi connectivity index (χ3n) is 2.90. The number of hydrogen-bond acceptors (Lipinski definition) is 4. The minimum atomic E-state index is -0.197. The summed E-state index contributed by atoms with van der Waals surface area (Å²) in [7, 11) is 1.57. The Hall–Kier alpha value is -0.850. The molecule has 18 heavy (non-hydrogen) atoms. The monoisotopic (exact) mass is 279 g/mol. The van der Waals surface area contributed by atoms with Gasteiger partial charge in [0.2, 0.25) is 11.8 Å². The summed E-state index contributed by atoms with van der Waals surface area (Å²) in [6.07, 6.45) is 2.42. The SMILES string of the molecule is COCCNC(=O)CNC(=O)C1CCC(N)C1.Cl. The van der Waals surface area contributed by atoms with E-state index in [4.69, 9.17) is 10.5 Å². The molecule has 1 fully saturated rings. The predicted octanol–water partition coefficient (Wildman–Crippen LogP) is -0.586. The van der Waals surface area contributed by atoms with E-state index in [0.717, 1.165) is 19.3 Å². The second kappa shape index (κ2) is 9.13. The Morgan fingerprint density at radius 2 is 2.06 bits per heavy atom. The lowest BCUT2D eigenvalue weighted by Gasteiger charge is -2.10. The fourth-order valence-corrected chi connectivity index (χ4v) is 1.92. The third-order valence-corrected chi connectivity index (χ3v) is 2.90. The zero-order valence-corrected chi connectivity index (χ0v) is 11.4. The first-order valence-electron chi connectivity index (χ1n) is 5.92. The quantitative estimate of drug-likeness (QED) is 0.567. The molecule has 4 N–H and O–H groups in total. The van der Waals surface area contributed by atoms with Crippen molar-refractivity contribution in [1.29, 1.82) is 0 Å². The maximum Gasteiger partial charge on any atom is 0.239 e. The second-order valence-electron chi connectivity index (χ2n) is 4.33. The molecule has 1 saturated carbocycles. The molecule has 1 aliphatic carbocycles. The Kier molecular flexibility index (Phi) is 8.70. The lowest BCUT2D eigenvalue weighted by atomic mass is 10.1. The van der Waals surface area contributed by atoms with Gasteiger partial charge in [-0.3, -0.25) is 9.59 Å². The minimum Gasteiger partial charge on any atom is -0.383 e. The average molecular weight is 280 g/mol. The Bertz CT molecular complexity index is 276. The van der Waals surface area contributed by atoms with Crippen LogP contribution in [0.15, 0.2) is 0 Å². The highest BCUT2D eigenvalue weighted by molar-refractivity contribution is 5.86. The molecule has 0 spiro atoms. The molecule has 0 heterocycles. The van der Waals surface area contributed by atoms with Crippen LogP contribution in [-0.2, 0) is 14.3 Å². The lowest BCUT2D eigenvalue weighted by molar-refractivity contribution is -0.128. The van der Waals surface area contributed by atoms with Crippen molar-refractivity contribution in [1.82, 2.24) is 10.6 Å². The number of nitrogens with one attached hydrogen (secondary N) is 2. The van der Waals surface area contributed by atoms with E-state index in [9.17, 15) is 9.59 Å². The van der Waals surface area contributed by atoms with Gasteiger partial charge >= 0.3 is 0 Å². The van der Waals surface area contributed by atoms with Gasteiger partial charge in [0, 0.05) is 25.6 Å². The summed E-state index contributed by atoms with van der Waals surface area (Å²) in [6.45, 7) is 0.949. The summed E-state index contributed by atoms with van der Waals surface area (Å²) in [5.74, 6) is -0.297. The van der Waals surface area contributed by atoms with E-state index < -0.39 is 0 Å². The first-order valence-corrected chi connectivity index (χ1v) is 5.92. The highest BCUT2D eigenvalue weighted by atomic mass is 35.5. The van der Waals surface area contributed by atoms with Crippen LogP contribution in [0.25, 0.3) is 0 Å². The molecule has 0 aromatic carbocycles. The number of ether oxygens (including phenoxy) is 1. The first kappa shape index (κ1) is 17.2. The highest BCUT2D eigenvalue weighted by Crippen LogP contribution is 2.23. The Morgan fingerprint density at radius 3 is 2.61 bits per heavy atom. The van der Waals surface area contributed by atoms with Gasteiger partial charge in [0.25, 0.3) is 0 Å². The van der Waals surface area contributed by atoms with E-state index in [1.54, 1.807) is 7.11 Å². The van der Waals surface area contributed by atoms with Crippen molar-refractivity contribution in [3.63, 3.8) is 0 Å². The molecule has 1 rings (SSSR count). The molecule has 6 nitrogen and oxygen atoms in total. The zero-order valence-electron chi connectivity index (χ0n) is 10.6. The van der Waals surface area contributed by atoms with Gasteiger partial charge in [0.05, 0.1) is 13.2 Å². The normalized spacial score (nSPS) is 22.1. The fourth-order valence-electron chi connectivity index (χ4n) is 1.92. The topological polar surface area (TPSA) is 93.5 Å². The molecule has 0 radical (unpaired) electrons. The van der Waals surface area contributed by atoms with Crippen LogP contribution in [0.4, 0.5) is 0 Å². The lowest BCUT2D eigenvalue weighted by Crippen LogP contribution is -2.40. The predicted molar refractivity (Wildman–Crippen MR) is 70.5 cm³/mol. The number of amides is 2. The molecule has 2 atom stereocenters. The maximum atomic E-state index is 11.7. The van der Waals surface area contributed by atoms with Crippen LogP contribution in [0.3, 0.4) is 0 Å². The largest absolute Gasteiger partial charge is 0.383 e. The summed E-state index contributed by atoms with van der Waals surface area (Å²) in [5.41, 5.74) is 5.73. The smallest absolute Gasteiger partial charge is 0.239 e. The fraction of sp³-hybridized carbons (Fsp3) is 0.818. The molecule has 0 bridgehead atoms. The van der Waals surface area contributed by atoms with E-state index in [2.05, 4.69) is 10.6 Å². The Morgan fingerprint density at radius 1 is 1.33 bits per heavy atom. The summed E-state index contributed by atoms with van der Waals surface area (Å²) >= 11 is 0. The zero-order chi connectivity index (χ0) is 12.7. The van der Waals surface area contributed by atoms with Gasteiger partial charge < -0.3 is 21.1 Å². The van der Waals surface area contributed by atoms with Crippen LogP contribution in [0.2, 0.25) is 0 Å².